The van der Waals surface area contributed by atoms with E-state index in [0.29, 0.717) is 11.1 Å². The highest BCUT2D eigenvalue weighted by Gasteiger charge is 2.45. The van der Waals surface area contributed by atoms with Gasteiger partial charge in [0.05, 0.1) is 13.0 Å². The number of likely N-dealkylation sites (N-methyl/N-ethyl adjacent to an activating group) is 1. The second kappa shape index (κ2) is 12.8. The van der Waals surface area contributed by atoms with Crippen molar-refractivity contribution in [2.45, 2.75) is 31.2 Å². The van der Waals surface area contributed by atoms with Gasteiger partial charge in [0.25, 0.3) is 5.91 Å². The van der Waals surface area contributed by atoms with Gasteiger partial charge in [-0.2, -0.15) is 8.42 Å². The quantitative estimate of drug-likeness (QED) is 0.176. The molecule has 208 valence electrons. The summed E-state index contributed by atoms with van der Waals surface area (Å²) >= 11 is 0. The molecule has 14 nitrogen and oxygen atoms in total. The lowest BCUT2D eigenvalue weighted by Crippen LogP contribution is -2.66. The van der Waals surface area contributed by atoms with Crippen molar-refractivity contribution in [2.75, 3.05) is 13.6 Å². The van der Waals surface area contributed by atoms with E-state index in [9.17, 15) is 32.4 Å². The molecule has 39 heavy (non-hydrogen) atoms. The van der Waals surface area contributed by atoms with E-state index in [1.807, 2.05) is 0 Å². The molecule has 1 fully saturated rings. The molecule has 5 amide bonds. The highest BCUT2D eigenvalue weighted by molar-refractivity contribution is 7.84. The minimum atomic E-state index is -4.75. The van der Waals surface area contributed by atoms with Crippen LogP contribution in [0.2, 0.25) is 0 Å². The SMILES string of the molecule is CNC(=O)C(CC(=O)NC(C(=O)NC1CN(S(=O)(=O)O)C1=O)c1ccccc1)NC(=O)OCc1ccccc1. The van der Waals surface area contributed by atoms with Crippen LogP contribution in [0.4, 0.5) is 4.79 Å². The summed E-state index contributed by atoms with van der Waals surface area (Å²) in [5.74, 6) is -3.36. The third kappa shape index (κ3) is 7.99. The molecule has 0 radical (unpaired) electrons. The Morgan fingerprint density at radius 3 is 2.18 bits per heavy atom. The van der Waals surface area contributed by atoms with Crippen LogP contribution in [0.1, 0.15) is 23.6 Å². The fourth-order valence-corrected chi connectivity index (χ4v) is 4.30. The number of hydrogen-bond donors (Lipinski definition) is 5. The molecule has 3 atom stereocenters. The first-order chi connectivity index (χ1) is 18.5. The number of β-lactam (4-membered cyclic amide) rings is 1. The monoisotopic (exact) mass is 561 g/mol. The number of carbonyl (C=O) groups is 5. The number of nitrogens with one attached hydrogen (secondary N) is 4. The molecule has 3 unspecified atom stereocenters. The number of nitrogens with zero attached hydrogens (tertiary/aromatic N) is 1. The summed E-state index contributed by atoms with van der Waals surface area (Å²) < 4.78 is 36.6. The van der Waals surface area contributed by atoms with E-state index in [4.69, 9.17) is 9.29 Å². The number of amides is 5. The molecule has 1 aliphatic rings. The molecule has 0 saturated carbocycles. The zero-order valence-electron chi connectivity index (χ0n) is 20.7. The summed E-state index contributed by atoms with van der Waals surface area (Å²) in [6, 6.07) is 12.8. The van der Waals surface area contributed by atoms with Gasteiger partial charge in [-0.25, -0.2) is 9.10 Å². The van der Waals surface area contributed by atoms with Crippen molar-refractivity contribution >= 4 is 40.0 Å². The second-order valence-electron chi connectivity index (χ2n) is 8.40. The van der Waals surface area contributed by atoms with Crippen LogP contribution in [0.15, 0.2) is 60.7 Å². The molecule has 2 aromatic rings. The molecule has 1 heterocycles. The number of hydrogen-bond acceptors (Lipinski definition) is 8. The van der Waals surface area contributed by atoms with Crippen molar-refractivity contribution in [3.63, 3.8) is 0 Å². The molecule has 0 bridgehead atoms. The van der Waals surface area contributed by atoms with E-state index < -0.39 is 71.1 Å². The number of benzene rings is 2. The Morgan fingerprint density at radius 1 is 1.00 bits per heavy atom. The van der Waals surface area contributed by atoms with Crippen molar-refractivity contribution in [1.82, 2.24) is 25.6 Å². The third-order valence-corrected chi connectivity index (χ3v) is 6.53. The molecular weight excluding hydrogens is 534 g/mol. The maximum absolute atomic E-state index is 13.0. The van der Waals surface area contributed by atoms with Crippen LogP contribution in [-0.4, -0.2) is 72.7 Å². The van der Waals surface area contributed by atoms with Crippen molar-refractivity contribution in [3.8, 4) is 0 Å². The summed E-state index contributed by atoms with van der Waals surface area (Å²) in [6.45, 7) is -0.545. The Morgan fingerprint density at radius 2 is 1.62 bits per heavy atom. The van der Waals surface area contributed by atoms with Crippen LogP contribution in [0.3, 0.4) is 0 Å². The standard InChI is InChI=1S/C24H27N5O9S/c1-25-21(31)17(27-24(34)38-14-15-8-4-2-5-9-15)12-19(30)28-20(16-10-6-3-7-11-16)22(32)26-18-13-29(23(18)33)39(35,36)37/h2-11,17-18,20H,12-14H2,1H3,(H,25,31)(H,26,32)(H,27,34)(H,28,30)(H,35,36,37). The molecule has 5 N–H and O–H groups in total. The molecule has 2 aromatic carbocycles. The summed E-state index contributed by atoms with van der Waals surface area (Å²) in [4.78, 5) is 62.5. The zero-order valence-corrected chi connectivity index (χ0v) is 21.5. The van der Waals surface area contributed by atoms with Gasteiger partial charge < -0.3 is 26.0 Å². The summed E-state index contributed by atoms with van der Waals surface area (Å²) in [5, 5.41) is 9.46. The van der Waals surface area contributed by atoms with Gasteiger partial charge in [-0.15, -0.1) is 0 Å². The molecule has 0 aliphatic carbocycles. The maximum atomic E-state index is 13.0. The van der Waals surface area contributed by atoms with Gasteiger partial charge in [-0.1, -0.05) is 60.7 Å². The Balaban J connectivity index is 1.65. The third-order valence-electron chi connectivity index (χ3n) is 5.64. The molecule has 0 spiro atoms. The van der Waals surface area contributed by atoms with Crippen molar-refractivity contribution in [2.24, 2.45) is 0 Å². The van der Waals surface area contributed by atoms with Gasteiger partial charge >= 0.3 is 16.4 Å². The van der Waals surface area contributed by atoms with Gasteiger partial charge in [-0.3, -0.25) is 23.7 Å². The normalized spacial score (nSPS) is 16.2. The smallest absolute Gasteiger partial charge is 0.408 e. The van der Waals surface area contributed by atoms with E-state index in [1.54, 1.807) is 48.5 Å². The van der Waals surface area contributed by atoms with E-state index in [1.165, 1.54) is 19.2 Å². The van der Waals surface area contributed by atoms with Crippen LogP contribution in [0.25, 0.3) is 0 Å². The second-order valence-corrected chi connectivity index (χ2v) is 9.73. The van der Waals surface area contributed by atoms with Crippen LogP contribution < -0.4 is 21.3 Å². The van der Waals surface area contributed by atoms with E-state index in [0.717, 1.165) is 0 Å². The molecule has 15 heteroatoms. The lowest BCUT2D eigenvalue weighted by atomic mass is 10.0. The highest BCUT2D eigenvalue weighted by atomic mass is 32.2. The Bertz CT molecular complexity index is 1320. The highest BCUT2D eigenvalue weighted by Crippen LogP contribution is 2.18. The van der Waals surface area contributed by atoms with Crippen molar-refractivity contribution in [1.29, 1.82) is 0 Å². The predicted octanol–water partition coefficient (Wildman–Crippen LogP) is -0.595. The number of rotatable bonds is 11. The molecule has 1 saturated heterocycles. The van der Waals surface area contributed by atoms with Crippen molar-refractivity contribution in [3.05, 3.63) is 71.8 Å². The summed E-state index contributed by atoms with van der Waals surface area (Å²) in [5.41, 5.74) is 1.04. The van der Waals surface area contributed by atoms with E-state index >= 15 is 0 Å². The summed E-state index contributed by atoms with van der Waals surface area (Å²) in [6.07, 6.45) is -1.50. The molecule has 1 aliphatic heterocycles. The largest absolute Gasteiger partial charge is 0.445 e. The van der Waals surface area contributed by atoms with Gasteiger partial charge in [-0.05, 0) is 11.1 Å². The van der Waals surface area contributed by atoms with E-state index in [-0.39, 0.29) is 10.9 Å². The number of ether oxygens (including phenoxy) is 1. The lowest BCUT2D eigenvalue weighted by molar-refractivity contribution is -0.141. The van der Waals surface area contributed by atoms with Gasteiger partial charge in [0, 0.05) is 7.05 Å². The minimum Gasteiger partial charge on any atom is -0.445 e. The molecule has 0 aromatic heterocycles. The van der Waals surface area contributed by atoms with Crippen LogP contribution in [0.5, 0.6) is 0 Å². The average Bonchev–Trinajstić information content (AvgIpc) is 2.91. The van der Waals surface area contributed by atoms with Crippen LogP contribution >= 0.6 is 0 Å². The fraction of sp³-hybridized carbons (Fsp3) is 0.292. The lowest BCUT2D eigenvalue weighted by Gasteiger charge is -2.36. The van der Waals surface area contributed by atoms with Gasteiger partial charge in [0.2, 0.25) is 17.7 Å². The number of alkyl carbamates (subject to hydrolysis) is 1. The first-order valence-electron chi connectivity index (χ1n) is 11.6. The first-order valence-corrected chi connectivity index (χ1v) is 13.0. The Labute approximate surface area is 224 Å². The first kappa shape index (κ1) is 29.1. The Hall–Kier alpha value is -4.50. The topological polar surface area (TPSA) is 200 Å². The van der Waals surface area contributed by atoms with Crippen LogP contribution in [-0.2, 0) is 40.8 Å². The maximum Gasteiger partial charge on any atom is 0.408 e. The molecular formula is C24H27N5O9S. The minimum absolute atomic E-state index is 0.0650. The fourth-order valence-electron chi connectivity index (χ4n) is 3.61. The predicted molar refractivity (Wildman–Crippen MR) is 135 cm³/mol. The average molecular weight is 562 g/mol. The molecule has 3 rings (SSSR count). The van der Waals surface area contributed by atoms with Gasteiger partial charge in [0.15, 0.2) is 0 Å². The van der Waals surface area contributed by atoms with Crippen molar-refractivity contribution < 1.29 is 41.7 Å². The van der Waals surface area contributed by atoms with E-state index in [2.05, 4.69) is 21.3 Å². The number of carbonyl (C=O) groups excluding carboxylic acids is 5. The zero-order chi connectivity index (χ0) is 28.6. The Kier molecular flexibility index (Phi) is 9.57. The van der Waals surface area contributed by atoms with Gasteiger partial charge in [0.1, 0.15) is 24.7 Å². The van der Waals surface area contributed by atoms with Crippen LogP contribution in [0, 0.1) is 0 Å². The summed E-state index contributed by atoms with van der Waals surface area (Å²) in [7, 11) is -3.43.